The normalized spacial score (nSPS) is 11.3. The van der Waals surface area contributed by atoms with Crippen LogP contribution in [0.2, 0.25) is 0 Å². The predicted octanol–water partition coefficient (Wildman–Crippen LogP) is 2.23. The Kier molecular flexibility index (Phi) is 4.61. The summed E-state index contributed by atoms with van der Waals surface area (Å²) in [6.45, 7) is 6.31. The van der Waals surface area contributed by atoms with Crippen molar-refractivity contribution >= 4 is 11.5 Å². The molecule has 1 aromatic heterocycles. The van der Waals surface area contributed by atoms with E-state index in [-0.39, 0.29) is 11.2 Å². The van der Waals surface area contributed by atoms with Gasteiger partial charge in [-0.1, -0.05) is 13.8 Å². The lowest BCUT2D eigenvalue weighted by atomic mass is 9.94. The minimum Gasteiger partial charge on any atom is -0.368 e. The standard InChI is InChI=1S/C12H20N4O2/c1-4-12(13,5-2)8-14-11-7-6-10(16(17)18)9(3)15-11/h6-7H,4-5,8,13H2,1-3H3,(H,14,15). The van der Waals surface area contributed by atoms with Crippen molar-refractivity contribution in [2.24, 2.45) is 5.73 Å². The number of nitrogens with one attached hydrogen (secondary N) is 1. The number of rotatable bonds is 6. The van der Waals surface area contributed by atoms with E-state index in [0.29, 0.717) is 18.1 Å². The molecule has 0 aliphatic heterocycles. The topological polar surface area (TPSA) is 94.1 Å². The average molecular weight is 252 g/mol. The smallest absolute Gasteiger partial charge is 0.290 e. The van der Waals surface area contributed by atoms with Crippen LogP contribution in [0.4, 0.5) is 11.5 Å². The fourth-order valence-electron chi connectivity index (χ4n) is 1.61. The summed E-state index contributed by atoms with van der Waals surface area (Å²) >= 11 is 0. The molecule has 0 aromatic carbocycles. The Morgan fingerprint density at radius 1 is 1.44 bits per heavy atom. The number of nitro groups is 1. The van der Waals surface area contributed by atoms with Gasteiger partial charge in [0.25, 0.3) is 5.69 Å². The van der Waals surface area contributed by atoms with Crippen LogP contribution in [0.15, 0.2) is 12.1 Å². The minimum absolute atomic E-state index is 0.0329. The Hall–Kier alpha value is -1.69. The highest BCUT2D eigenvalue weighted by Crippen LogP contribution is 2.19. The zero-order valence-corrected chi connectivity index (χ0v) is 11.1. The van der Waals surface area contributed by atoms with Crippen molar-refractivity contribution in [2.45, 2.75) is 39.2 Å². The summed E-state index contributed by atoms with van der Waals surface area (Å²) in [5, 5.41) is 13.8. The van der Waals surface area contributed by atoms with Crippen LogP contribution in [-0.4, -0.2) is 22.0 Å². The van der Waals surface area contributed by atoms with Crippen molar-refractivity contribution in [3.05, 3.63) is 27.9 Å². The molecule has 1 heterocycles. The van der Waals surface area contributed by atoms with Crippen LogP contribution in [0.1, 0.15) is 32.4 Å². The molecule has 0 atom stereocenters. The summed E-state index contributed by atoms with van der Waals surface area (Å²) in [5.74, 6) is 0.620. The summed E-state index contributed by atoms with van der Waals surface area (Å²) in [5.41, 5.74) is 6.33. The van der Waals surface area contributed by atoms with Crippen LogP contribution in [0, 0.1) is 17.0 Å². The molecule has 0 amide bonds. The van der Waals surface area contributed by atoms with Crippen LogP contribution in [0.3, 0.4) is 0 Å². The van der Waals surface area contributed by atoms with Crippen LogP contribution < -0.4 is 11.1 Å². The molecule has 0 aliphatic rings. The maximum atomic E-state index is 10.7. The molecule has 0 fully saturated rings. The molecule has 0 spiro atoms. The van der Waals surface area contributed by atoms with Crippen molar-refractivity contribution < 1.29 is 4.92 Å². The lowest BCUT2D eigenvalue weighted by molar-refractivity contribution is -0.385. The van der Waals surface area contributed by atoms with Crippen molar-refractivity contribution in [2.75, 3.05) is 11.9 Å². The molecule has 3 N–H and O–H groups in total. The first-order valence-electron chi connectivity index (χ1n) is 6.06. The Morgan fingerprint density at radius 3 is 2.50 bits per heavy atom. The van der Waals surface area contributed by atoms with Crippen molar-refractivity contribution in [3.8, 4) is 0 Å². The SMILES string of the molecule is CCC(N)(CC)CNc1ccc([N+](=O)[O-])c(C)n1. The number of nitrogens with two attached hydrogens (primary N) is 1. The van der Waals surface area contributed by atoms with Crippen molar-refractivity contribution in [3.63, 3.8) is 0 Å². The maximum absolute atomic E-state index is 10.7. The van der Waals surface area contributed by atoms with E-state index in [4.69, 9.17) is 5.73 Å². The van der Waals surface area contributed by atoms with Gasteiger partial charge in [0.1, 0.15) is 11.5 Å². The number of hydrogen-bond acceptors (Lipinski definition) is 5. The summed E-state index contributed by atoms with van der Waals surface area (Å²) in [6, 6.07) is 3.07. The van der Waals surface area contributed by atoms with Gasteiger partial charge in [0.2, 0.25) is 0 Å². The second-order valence-corrected chi connectivity index (χ2v) is 4.48. The molecule has 100 valence electrons. The van der Waals surface area contributed by atoms with E-state index in [0.717, 1.165) is 12.8 Å². The zero-order valence-electron chi connectivity index (χ0n) is 11.1. The molecule has 18 heavy (non-hydrogen) atoms. The van der Waals surface area contributed by atoms with E-state index in [1.54, 1.807) is 13.0 Å². The molecule has 0 saturated heterocycles. The molecular weight excluding hydrogens is 232 g/mol. The first-order chi connectivity index (χ1) is 8.41. The van der Waals surface area contributed by atoms with E-state index in [1.807, 2.05) is 13.8 Å². The molecule has 1 aromatic rings. The van der Waals surface area contributed by atoms with E-state index < -0.39 is 4.92 Å². The fourth-order valence-corrected chi connectivity index (χ4v) is 1.61. The van der Waals surface area contributed by atoms with Gasteiger partial charge in [0.05, 0.1) is 4.92 Å². The van der Waals surface area contributed by atoms with Crippen LogP contribution >= 0.6 is 0 Å². The van der Waals surface area contributed by atoms with Gasteiger partial charge in [-0.25, -0.2) is 4.98 Å². The Balaban J connectivity index is 2.75. The van der Waals surface area contributed by atoms with Gasteiger partial charge < -0.3 is 11.1 Å². The van der Waals surface area contributed by atoms with E-state index >= 15 is 0 Å². The molecule has 1 rings (SSSR count). The van der Waals surface area contributed by atoms with Crippen molar-refractivity contribution in [1.29, 1.82) is 0 Å². The van der Waals surface area contributed by atoms with Gasteiger partial charge in [-0.2, -0.15) is 0 Å². The zero-order chi connectivity index (χ0) is 13.8. The van der Waals surface area contributed by atoms with Crippen molar-refractivity contribution in [1.82, 2.24) is 4.98 Å². The van der Waals surface area contributed by atoms with Crippen LogP contribution in [0.25, 0.3) is 0 Å². The van der Waals surface area contributed by atoms with Gasteiger partial charge in [-0.05, 0) is 25.8 Å². The highest BCUT2D eigenvalue weighted by Gasteiger charge is 2.20. The third-order valence-electron chi connectivity index (χ3n) is 3.28. The number of pyridine rings is 1. The molecule has 0 saturated carbocycles. The van der Waals surface area contributed by atoms with Crippen LogP contribution in [-0.2, 0) is 0 Å². The minimum atomic E-state index is -0.433. The summed E-state index contributed by atoms with van der Waals surface area (Å²) < 4.78 is 0. The van der Waals surface area contributed by atoms with Gasteiger partial charge in [0, 0.05) is 18.2 Å². The lowest BCUT2D eigenvalue weighted by Crippen LogP contribution is -2.45. The summed E-state index contributed by atoms with van der Waals surface area (Å²) in [6.07, 6.45) is 1.73. The highest BCUT2D eigenvalue weighted by atomic mass is 16.6. The summed E-state index contributed by atoms with van der Waals surface area (Å²) in [4.78, 5) is 14.4. The largest absolute Gasteiger partial charge is 0.368 e. The third kappa shape index (κ3) is 3.40. The van der Waals surface area contributed by atoms with E-state index in [9.17, 15) is 10.1 Å². The summed E-state index contributed by atoms with van der Waals surface area (Å²) in [7, 11) is 0. The predicted molar refractivity (Wildman–Crippen MR) is 71.6 cm³/mol. The number of hydrogen-bond donors (Lipinski definition) is 2. The van der Waals surface area contributed by atoms with E-state index in [1.165, 1.54) is 6.07 Å². The lowest BCUT2D eigenvalue weighted by Gasteiger charge is -2.27. The molecular formula is C12H20N4O2. The fraction of sp³-hybridized carbons (Fsp3) is 0.583. The molecule has 0 aliphatic carbocycles. The monoisotopic (exact) mass is 252 g/mol. The van der Waals surface area contributed by atoms with Crippen LogP contribution in [0.5, 0.6) is 0 Å². The molecule has 6 nitrogen and oxygen atoms in total. The first-order valence-corrected chi connectivity index (χ1v) is 6.06. The van der Waals surface area contributed by atoms with Gasteiger partial charge in [-0.3, -0.25) is 10.1 Å². The second-order valence-electron chi connectivity index (χ2n) is 4.48. The van der Waals surface area contributed by atoms with E-state index in [2.05, 4.69) is 10.3 Å². The second kappa shape index (κ2) is 5.77. The first kappa shape index (κ1) is 14.4. The number of anilines is 1. The molecule has 0 unspecified atom stereocenters. The third-order valence-corrected chi connectivity index (χ3v) is 3.28. The Bertz CT molecular complexity index is 430. The maximum Gasteiger partial charge on any atom is 0.290 e. The number of aryl methyl sites for hydroxylation is 1. The Labute approximate surface area is 107 Å². The van der Waals surface area contributed by atoms with Gasteiger partial charge in [-0.15, -0.1) is 0 Å². The molecule has 0 bridgehead atoms. The number of aromatic nitrogens is 1. The van der Waals surface area contributed by atoms with Gasteiger partial charge in [0.15, 0.2) is 0 Å². The quantitative estimate of drug-likeness (QED) is 0.598. The average Bonchev–Trinajstić information content (AvgIpc) is 2.35. The Morgan fingerprint density at radius 2 is 2.06 bits per heavy atom. The van der Waals surface area contributed by atoms with Gasteiger partial charge >= 0.3 is 0 Å². The highest BCUT2D eigenvalue weighted by molar-refractivity contribution is 5.45. The molecule has 0 radical (unpaired) electrons. The molecule has 6 heteroatoms. The number of nitrogens with zero attached hydrogens (tertiary/aromatic N) is 2.